The Balaban J connectivity index is 0.00000204. The molecule has 0 bridgehead atoms. The first-order valence-electron chi connectivity index (χ1n) is 12.7. The summed E-state index contributed by atoms with van der Waals surface area (Å²) in [6, 6.07) is 20.3. The Morgan fingerprint density at radius 2 is 1.35 bits per heavy atom. The molecule has 2 aromatic carbocycles. The maximum absolute atomic E-state index is 3.41. The van der Waals surface area contributed by atoms with Gasteiger partial charge >= 0.3 is 199 Å². The number of benzene rings is 2. The number of hydrogen-bond donors (Lipinski definition) is 0. The molecule has 0 aliphatic heterocycles. The van der Waals surface area contributed by atoms with Crippen LogP contribution in [0.2, 0.25) is 9.26 Å². The van der Waals surface area contributed by atoms with Gasteiger partial charge in [0.2, 0.25) is 0 Å². The zero-order chi connectivity index (χ0) is 23.1. The number of fused-ring (bicyclic) bond motifs is 1. The minimum absolute atomic E-state index is 0. The first-order valence-corrected chi connectivity index (χ1v) is 26.2. The van der Waals surface area contributed by atoms with Crippen LogP contribution in [0.3, 0.4) is 0 Å². The number of halogens is 2. The largest absolute Gasteiger partial charge is 0.147 e. The first-order chi connectivity index (χ1) is 15.3. The summed E-state index contributed by atoms with van der Waals surface area (Å²) in [5.74, 6) is 0.671. The van der Waals surface area contributed by atoms with Gasteiger partial charge in [-0.05, 0) is 0 Å². The molecule has 184 valence electrons. The zero-order valence-corrected chi connectivity index (χ0v) is 27.3. The molecule has 2 aliphatic carbocycles. The third kappa shape index (κ3) is 4.70. The molecule has 0 saturated carbocycles. The summed E-state index contributed by atoms with van der Waals surface area (Å²) >= 11 is -3.41. The van der Waals surface area contributed by atoms with E-state index in [2.05, 4.69) is 105 Å². The minimum atomic E-state index is -3.41. The maximum atomic E-state index is 2.76. The molecule has 0 saturated heterocycles. The fraction of sp³-hybridized carbons (Fsp3) is 0.400. The monoisotopic (exact) mass is 590 g/mol. The molecule has 34 heavy (non-hydrogen) atoms. The molecule has 0 spiro atoms. The van der Waals surface area contributed by atoms with Crippen molar-refractivity contribution < 1.29 is 17.4 Å². The van der Waals surface area contributed by atoms with Crippen LogP contribution in [0.25, 0.3) is 5.57 Å². The van der Waals surface area contributed by atoms with E-state index < -0.39 is 17.4 Å². The number of allylic oxidation sites excluding steroid dienone is 5. The molecule has 0 heterocycles. The second-order valence-corrected chi connectivity index (χ2v) is 40.3. The molecule has 4 rings (SSSR count). The second-order valence-electron chi connectivity index (χ2n) is 10.7. The summed E-state index contributed by atoms with van der Waals surface area (Å²) in [5, 5.41) is 0. The van der Waals surface area contributed by atoms with E-state index in [4.69, 9.17) is 0 Å². The summed E-state index contributed by atoms with van der Waals surface area (Å²) < 4.78 is 8.01. The van der Waals surface area contributed by atoms with Crippen molar-refractivity contribution in [3.05, 3.63) is 97.4 Å². The fourth-order valence-electron chi connectivity index (χ4n) is 6.94. The van der Waals surface area contributed by atoms with Gasteiger partial charge in [-0.15, -0.1) is 24.8 Å². The van der Waals surface area contributed by atoms with Crippen LogP contribution >= 0.6 is 24.8 Å². The van der Waals surface area contributed by atoms with Gasteiger partial charge in [-0.2, -0.15) is 0 Å². The maximum Gasteiger partial charge on any atom is -0.147 e. The summed E-state index contributed by atoms with van der Waals surface area (Å²) in [5.41, 5.74) is 11.1. The molecule has 0 fully saturated rings. The molecule has 0 nitrogen and oxygen atoms in total. The molecule has 0 aromatic heterocycles. The molecular weight excluding hydrogens is 551 g/mol. The van der Waals surface area contributed by atoms with Gasteiger partial charge in [-0.1, -0.05) is 0 Å². The van der Waals surface area contributed by atoms with Gasteiger partial charge in [0.15, 0.2) is 0 Å². The van der Waals surface area contributed by atoms with Crippen LogP contribution in [0.5, 0.6) is 0 Å². The minimum Gasteiger partial charge on any atom is -0.147 e. The van der Waals surface area contributed by atoms with Crippen LogP contribution < -0.4 is 0 Å². The predicted octanol–water partition coefficient (Wildman–Crippen LogP) is 9.17. The normalized spacial score (nSPS) is 20.0. The quantitative estimate of drug-likeness (QED) is 0.281. The van der Waals surface area contributed by atoms with Crippen LogP contribution in [0, 0.1) is 5.92 Å². The number of rotatable bonds is 7. The van der Waals surface area contributed by atoms with Crippen molar-refractivity contribution in [1.29, 1.82) is 0 Å². The molecule has 0 amide bonds. The van der Waals surface area contributed by atoms with Crippen LogP contribution in [-0.2, 0) is 17.4 Å². The zero-order valence-electron chi connectivity index (χ0n) is 21.8. The van der Waals surface area contributed by atoms with E-state index in [1.54, 1.807) is 22.3 Å². The van der Waals surface area contributed by atoms with E-state index in [-0.39, 0.29) is 24.8 Å². The third-order valence-electron chi connectivity index (χ3n) is 8.23. The van der Waals surface area contributed by atoms with Gasteiger partial charge in [0.25, 0.3) is 0 Å². The van der Waals surface area contributed by atoms with Gasteiger partial charge in [-0.25, -0.2) is 0 Å². The van der Waals surface area contributed by atoms with Crippen LogP contribution in [-0.4, -0.2) is 6.88 Å². The van der Waals surface area contributed by atoms with Crippen molar-refractivity contribution in [2.75, 3.05) is 0 Å². The van der Waals surface area contributed by atoms with E-state index in [0.717, 1.165) is 0 Å². The van der Waals surface area contributed by atoms with Crippen molar-refractivity contribution in [2.45, 2.75) is 66.3 Å². The van der Waals surface area contributed by atoms with E-state index >= 15 is 0 Å². The molecule has 4 heteroatoms. The first kappa shape index (κ1) is 29.6. The van der Waals surface area contributed by atoms with Crippen molar-refractivity contribution in [2.24, 2.45) is 5.92 Å². The summed E-state index contributed by atoms with van der Waals surface area (Å²) in [7, 11) is 0. The molecule has 0 radical (unpaired) electrons. The molecule has 0 N–H and O–H groups in total. The second kappa shape index (κ2) is 11.2. The smallest absolute Gasteiger partial charge is 0.147 e. The Labute approximate surface area is 222 Å². The van der Waals surface area contributed by atoms with Crippen LogP contribution in [0.4, 0.5) is 0 Å². The van der Waals surface area contributed by atoms with Crippen LogP contribution in [0.1, 0.15) is 73.7 Å². The molecule has 2 unspecified atom stereocenters. The van der Waals surface area contributed by atoms with E-state index in [9.17, 15) is 0 Å². The average Bonchev–Trinajstić information content (AvgIpc) is 3.36. The standard InChI is InChI=1S/C15H11.C13H21.2CH3.2ClH.H2Si.Zr/c1-2-6-12(7-3-1)15-11-10-13-8-4-5-9-14(13)15;1-5-10-9-11(6-2)13(8-4)12(10)7-3;;;;;;/h1-11H;10H,5-8H2,1-4H3;2*1H3;2*1H;1H2;. The molecular formula is C30H42Cl2SiZr. The average molecular weight is 593 g/mol. The van der Waals surface area contributed by atoms with Gasteiger partial charge in [0.1, 0.15) is 0 Å². The van der Waals surface area contributed by atoms with Crippen molar-refractivity contribution >= 4 is 37.3 Å². The Bertz CT molecular complexity index is 1200. The van der Waals surface area contributed by atoms with Gasteiger partial charge in [-0.3, -0.25) is 0 Å². The van der Waals surface area contributed by atoms with Crippen molar-refractivity contribution in [3.63, 3.8) is 0 Å². The predicted molar refractivity (Wildman–Crippen MR) is 156 cm³/mol. The summed E-state index contributed by atoms with van der Waals surface area (Å²) in [4.78, 5) is 0. The van der Waals surface area contributed by atoms with E-state index in [1.807, 2.05) is 3.28 Å². The molecule has 2 atom stereocenters. The summed E-state index contributed by atoms with van der Waals surface area (Å²) in [6.45, 7) is 12.0. The molecule has 2 aliphatic rings. The number of hydrogen-bond acceptors (Lipinski definition) is 0. The SMILES string of the molecule is CCC1=C(CC)C(CC)[C]([Zr]([CH3])([CH3])(=[SiH2])[CH]2C=C(c3ccccc3)c3ccccc32)=C1CC.Cl.Cl. The molecule has 2 aromatic rings. The third-order valence-corrected chi connectivity index (χ3v) is 25.1. The van der Waals surface area contributed by atoms with Crippen LogP contribution in [0.15, 0.2) is 80.7 Å². The summed E-state index contributed by atoms with van der Waals surface area (Å²) in [6.07, 6.45) is 7.51. The van der Waals surface area contributed by atoms with Gasteiger partial charge < -0.3 is 0 Å². The van der Waals surface area contributed by atoms with Crippen molar-refractivity contribution in [1.82, 2.24) is 0 Å². The Morgan fingerprint density at radius 3 is 1.91 bits per heavy atom. The fourth-order valence-corrected chi connectivity index (χ4v) is 24.3. The topological polar surface area (TPSA) is 0 Å². The van der Waals surface area contributed by atoms with Crippen molar-refractivity contribution in [3.8, 4) is 0 Å². The van der Waals surface area contributed by atoms with E-state index in [0.29, 0.717) is 9.54 Å². The van der Waals surface area contributed by atoms with E-state index in [1.165, 1.54) is 42.4 Å². The Morgan fingerprint density at radius 1 is 0.765 bits per heavy atom. The Hall–Kier alpha value is -0.660. The Kier molecular flexibility index (Phi) is 9.71. The van der Waals surface area contributed by atoms with Gasteiger partial charge in [0, 0.05) is 0 Å². The van der Waals surface area contributed by atoms with Gasteiger partial charge in [0.05, 0.1) is 0 Å².